The highest BCUT2D eigenvalue weighted by Crippen LogP contribution is 1.85. The lowest BCUT2D eigenvalue weighted by Crippen LogP contribution is -2.10. The van der Waals surface area contributed by atoms with E-state index >= 15 is 0 Å². The molecule has 13 heavy (non-hydrogen) atoms. The third-order valence-electron chi connectivity index (χ3n) is 1.09. The Kier molecular flexibility index (Phi) is 9.53. The second-order valence-electron chi connectivity index (χ2n) is 2.16. The van der Waals surface area contributed by atoms with Crippen LogP contribution in [0.5, 0.6) is 0 Å². The van der Waals surface area contributed by atoms with Crippen molar-refractivity contribution in [3.63, 3.8) is 0 Å². The molecular weight excluding hydrogens is 174 g/mol. The minimum atomic E-state index is -0.933. The molecular formula is C8H15NO4. The van der Waals surface area contributed by atoms with Gasteiger partial charge in [0.05, 0.1) is 0 Å². The van der Waals surface area contributed by atoms with Crippen molar-refractivity contribution in [2.75, 3.05) is 13.7 Å². The van der Waals surface area contributed by atoms with Crippen LogP contribution < -0.4 is 5.73 Å². The number of aliphatic carboxylic acids is 1. The van der Waals surface area contributed by atoms with Crippen LogP contribution in [0, 0.1) is 0 Å². The van der Waals surface area contributed by atoms with Crippen LogP contribution in [-0.2, 0) is 14.3 Å². The Morgan fingerprint density at radius 2 is 2.00 bits per heavy atom. The van der Waals surface area contributed by atoms with Gasteiger partial charge in [-0.05, 0) is 13.8 Å². The molecule has 0 saturated heterocycles. The van der Waals surface area contributed by atoms with E-state index in [9.17, 15) is 9.59 Å². The Morgan fingerprint density at radius 1 is 1.54 bits per heavy atom. The van der Waals surface area contributed by atoms with Crippen molar-refractivity contribution in [1.29, 1.82) is 0 Å². The number of methoxy groups -OCH3 is 1. The minimum Gasteiger partial charge on any atom is -0.480 e. The van der Waals surface area contributed by atoms with Gasteiger partial charge in [-0.1, -0.05) is 6.08 Å². The predicted molar refractivity (Wildman–Crippen MR) is 48.1 cm³/mol. The summed E-state index contributed by atoms with van der Waals surface area (Å²) in [5, 5.41) is 7.79. The normalized spacial score (nSPS) is 9.92. The highest BCUT2D eigenvalue weighted by Gasteiger charge is 1.90. The van der Waals surface area contributed by atoms with Crippen LogP contribution in [0.3, 0.4) is 0 Å². The SMILES string of the molecule is CC=C(C)C(N)=O.COCC(=O)O. The summed E-state index contributed by atoms with van der Waals surface area (Å²) in [6, 6.07) is 0. The van der Waals surface area contributed by atoms with Crippen molar-refractivity contribution in [2.45, 2.75) is 13.8 Å². The molecule has 0 aromatic rings. The van der Waals surface area contributed by atoms with Crippen molar-refractivity contribution < 1.29 is 19.4 Å². The second-order valence-corrected chi connectivity index (χ2v) is 2.16. The number of carboxylic acids is 1. The predicted octanol–water partition coefficient (Wildman–Crippen LogP) is 0.155. The molecule has 0 saturated carbocycles. The van der Waals surface area contributed by atoms with E-state index < -0.39 is 5.97 Å². The Morgan fingerprint density at radius 3 is 2.00 bits per heavy atom. The highest BCUT2D eigenvalue weighted by molar-refractivity contribution is 5.91. The van der Waals surface area contributed by atoms with Gasteiger partial charge in [0.2, 0.25) is 5.91 Å². The fourth-order valence-corrected chi connectivity index (χ4v) is 0.266. The Labute approximate surface area is 77.2 Å². The first kappa shape index (κ1) is 14.2. The fourth-order valence-electron chi connectivity index (χ4n) is 0.266. The van der Waals surface area contributed by atoms with Gasteiger partial charge in [-0.15, -0.1) is 0 Å². The fraction of sp³-hybridized carbons (Fsp3) is 0.500. The van der Waals surface area contributed by atoms with Crippen LogP contribution in [0.15, 0.2) is 11.6 Å². The lowest BCUT2D eigenvalue weighted by atomic mass is 10.3. The Hall–Kier alpha value is -1.36. The number of nitrogens with two attached hydrogens (primary N) is 1. The lowest BCUT2D eigenvalue weighted by Gasteiger charge is -1.85. The molecule has 1 amide bonds. The van der Waals surface area contributed by atoms with E-state index in [1.807, 2.05) is 0 Å². The Bertz CT molecular complexity index is 198. The first-order chi connectivity index (χ1) is 5.95. The van der Waals surface area contributed by atoms with E-state index in [0.717, 1.165) is 0 Å². The average Bonchev–Trinajstić information content (AvgIpc) is 2.03. The number of amides is 1. The van der Waals surface area contributed by atoms with Gasteiger partial charge < -0.3 is 15.6 Å². The molecule has 0 aromatic carbocycles. The summed E-state index contributed by atoms with van der Waals surface area (Å²) in [5.74, 6) is -1.28. The van der Waals surface area contributed by atoms with E-state index in [0.29, 0.717) is 5.57 Å². The molecule has 0 radical (unpaired) electrons. The molecule has 0 aliphatic heterocycles. The van der Waals surface area contributed by atoms with Crippen LogP contribution in [0.25, 0.3) is 0 Å². The molecule has 0 spiro atoms. The highest BCUT2D eigenvalue weighted by atomic mass is 16.5. The van der Waals surface area contributed by atoms with Crippen molar-refractivity contribution >= 4 is 11.9 Å². The second kappa shape index (κ2) is 8.73. The summed E-state index contributed by atoms with van der Waals surface area (Å²) in [7, 11) is 1.34. The average molecular weight is 189 g/mol. The van der Waals surface area contributed by atoms with Gasteiger partial charge in [0.15, 0.2) is 0 Å². The third kappa shape index (κ3) is 13.6. The summed E-state index contributed by atoms with van der Waals surface area (Å²) in [5.41, 5.74) is 5.45. The summed E-state index contributed by atoms with van der Waals surface area (Å²) in [6.07, 6.45) is 1.68. The minimum absolute atomic E-state index is 0.208. The molecule has 0 bridgehead atoms. The number of carboxylic acid groups (broad SMARTS) is 1. The third-order valence-corrected chi connectivity index (χ3v) is 1.09. The number of allylic oxidation sites excluding steroid dienone is 1. The molecule has 3 N–H and O–H groups in total. The van der Waals surface area contributed by atoms with Gasteiger partial charge in [-0.25, -0.2) is 4.79 Å². The molecule has 5 nitrogen and oxygen atoms in total. The van der Waals surface area contributed by atoms with Gasteiger partial charge >= 0.3 is 5.97 Å². The van der Waals surface area contributed by atoms with E-state index in [-0.39, 0.29) is 12.5 Å². The number of ether oxygens (including phenoxy) is 1. The van der Waals surface area contributed by atoms with Gasteiger partial charge in [0.1, 0.15) is 6.61 Å². The van der Waals surface area contributed by atoms with Crippen LogP contribution in [-0.4, -0.2) is 30.7 Å². The summed E-state index contributed by atoms with van der Waals surface area (Å²) in [4.78, 5) is 19.6. The maximum atomic E-state index is 10.1. The molecule has 0 atom stereocenters. The molecule has 0 aliphatic carbocycles. The van der Waals surface area contributed by atoms with E-state index in [1.54, 1.807) is 19.9 Å². The topological polar surface area (TPSA) is 89.6 Å². The van der Waals surface area contributed by atoms with Crippen molar-refractivity contribution in [1.82, 2.24) is 0 Å². The van der Waals surface area contributed by atoms with Crippen LogP contribution in [0.2, 0.25) is 0 Å². The summed E-state index contributed by atoms with van der Waals surface area (Å²) < 4.78 is 4.20. The number of rotatable bonds is 3. The molecule has 0 rings (SSSR count). The van der Waals surface area contributed by atoms with Crippen molar-refractivity contribution in [2.24, 2.45) is 5.73 Å². The molecule has 0 aromatic heterocycles. The zero-order chi connectivity index (χ0) is 10.9. The largest absolute Gasteiger partial charge is 0.480 e. The number of hydrogen-bond acceptors (Lipinski definition) is 3. The maximum absolute atomic E-state index is 10.1. The zero-order valence-corrected chi connectivity index (χ0v) is 8.03. The number of primary amides is 1. The van der Waals surface area contributed by atoms with Crippen molar-refractivity contribution in [3.05, 3.63) is 11.6 Å². The lowest BCUT2D eigenvalue weighted by molar-refractivity contribution is -0.141. The van der Waals surface area contributed by atoms with Gasteiger partial charge in [-0.2, -0.15) is 0 Å². The van der Waals surface area contributed by atoms with Crippen molar-refractivity contribution in [3.8, 4) is 0 Å². The van der Waals surface area contributed by atoms with E-state index in [4.69, 9.17) is 10.8 Å². The van der Waals surface area contributed by atoms with Gasteiger partial charge in [-0.3, -0.25) is 4.79 Å². The molecule has 0 fully saturated rings. The Balaban J connectivity index is 0. The standard InChI is InChI=1S/C5H9NO.C3H6O3/c1-3-4(2)5(6)7;1-6-2-3(4)5/h3H,1-2H3,(H2,6,7);2H2,1H3,(H,4,5). The smallest absolute Gasteiger partial charge is 0.329 e. The quantitative estimate of drug-likeness (QED) is 0.618. The zero-order valence-electron chi connectivity index (χ0n) is 8.03. The van der Waals surface area contributed by atoms with Crippen LogP contribution in [0.4, 0.5) is 0 Å². The number of hydrogen-bond donors (Lipinski definition) is 2. The first-order valence-corrected chi connectivity index (χ1v) is 3.59. The molecule has 5 heteroatoms. The first-order valence-electron chi connectivity index (χ1n) is 3.59. The molecule has 0 unspecified atom stereocenters. The van der Waals surface area contributed by atoms with Gasteiger partial charge in [0.25, 0.3) is 0 Å². The van der Waals surface area contributed by atoms with E-state index in [1.165, 1.54) is 7.11 Å². The molecule has 0 aliphatic rings. The number of carbonyl (C=O) groups is 2. The van der Waals surface area contributed by atoms with Crippen LogP contribution >= 0.6 is 0 Å². The summed E-state index contributed by atoms with van der Waals surface area (Å²) >= 11 is 0. The molecule has 76 valence electrons. The van der Waals surface area contributed by atoms with E-state index in [2.05, 4.69) is 4.74 Å². The molecule has 0 heterocycles. The van der Waals surface area contributed by atoms with Gasteiger partial charge in [0, 0.05) is 12.7 Å². The monoisotopic (exact) mass is 189 g/mol. The van der Waals surface area contributed by atoms with Crippen LogP contribution in [0.1, 0.15) is 13.8 Å². The summed E-state index contributed by atoms with van der Waals surface area (Å²) in [6.45, 7) is 3.25. The number of carbonyl (C=O) groups excluding carboxylic acids is 1. The maximum Gasteiger partial charge on any atom is 0.329 e.